The number of hydrogen-bond acceptors (Lipinski definition) is 3. The average molecular weight is 333 g/mol. The largest absolute Gasteiger partial charge is 0.271 e. The molecule has 0 saturated heterocycles. The van der Waals surface area contributed by atoms with E-state index in [-0.39, 0.29) is 0 Å². The van der Waals surface area contributed by atoms with Crippen LogP contribution in [0.5, 0.6) is 0 Å². The van der Waals surface area contributed by atoms with Crippen LogP contribution >= 0.6 is 27.3 Å². The Morgan fingerprint density at radius 2 is 1.83 bits per heavy atom. The van der Waals surface area contributed by atoms with Gasteiger partial charge in [-0.3, -0.25) is 11.3 Å². The molecular formula is C14H25BrN2S. The molecule has 1 unspecified atom stereocenters. The molecule has 0 fully saturated rings. The van der Waals surface area contributed by atoms with Crippen LogP contribution in [0.4, 0.5) is 0 Å². The molecular weight excluding hydrogens is 308 g/mol. The average Bonchev–Trinajstić information content (AvgIpc) is 2.79. The van der Waals surface area contributed by atoms with Crippen molar-refractivity contribution in [2.75, 3.05) is 0 Å². The summed E-state index contributed by atoms with van der Waals surface area (Å²) in [5.74, 6) is 5.64. The van der Waals surface area contributed by atoms with Crippen molar-refractivity contribution in [1.82, 2.24) is 5.43 Å². The zero-order chi connectivity index (χ0) is 13.2. The standard InChI is InChI=1S/C14H25BrN2S/c1-2-3-4-5-6-7-8-9-12(17-16)13-10-11-14(15)18-13/h10-12,17H,2-9,16H2,1H3. The topological polar surface area (TPSA) is 38.0 Å². The Balaban J connectivity index is 2.13. The minimum absolute atomic E-state index is 0.317. The minimum atomic E-state index is 0.317. The van der Waals surface area contributed by atoms with Gasteiger partial charge < -0.3 is 0 Å². The molecule has 0 saturated carbocycles. The smallest absolute Gasteiger partial charge is 0.0702 e. The molecule has 0 spiro atoms. The molecule has 1 heterocycles. The normalized spacial score (nSPS) is 12.8. The predicted octanol–water partition coefficient (Wildman–Crippen LogP) is 5.16. The fraction of sp³-hybridized carbons (Fsp3) is 0.714. The van der Waals surface area contributed by atoms with Gasteiger partial charge in [0.1, 0.15) is 0 Å². The second kappa shape index (κ2) is 9.96. The number of halogens is 1. The van der Waals surface area contributed by atoms with E-state index in [0.717, 1.165) is 6.42 Å². The van der Waals surface area contributed by atoms with Gasteiger partial charge in [0.2, 0.25) is 0 Å². The molecule has 4 heteroatoms. The molecule has 1 aromatic heterocycles. The van der Waals surface area contributed by atoms with Crippen molar-refractivity contribution >= 4 is 27.3 Å². The highest BCUT2D eigenvalue weighted by Crippen LogP contribution is 2.29. The maximum absolute atomic E-state index is 5.64. The lowest BCUT2D eigenvalue weighted by atomic mass is 10.0. The third-order valence-corrected chi connectivity index (χ3v) is 4.97. The van der Waals surface area contributed by atoms with Crippen molar-refractivity contribution in [1.29, 1.82) is 0 Å². The van der Waals surface area contributed by atoms with Crippen molar-refractivity contribution in [3.63, 3.8) is 0 Å². The minimum Gasteiger partial charge on any atom is -0.271 e. The fourth-order valence-corrected chi connectivity index (χ4v) is 3.65. The van der Waals surface area contributed by atoms with Gasteiger partial charge >= 0.3 is 0 Å². The molecule has 0 amide bonds. The first-order chi connectivity index (χ1) is 8.77. The second-order valence-corrected chi connectivity index (χ2v) is 7.27. The van der Waals surface area contributed by atoms with Crippen molar-refractivity contribution in [2.24, 2.45) is 5.84 Å². The van der Waals surface area contributed by atoms with Gasteiger partial charge in [0, 0.05) is 4.88 Å². The van der Waals surface area contributed by atoms with Crippen LogP contribution in [0, 0.1) is 0 Å². The SMILES string of the molecule is CCCCCCCCCC(NN)c1ccc(Br)s1. The lowest BCUT2D eigenvalue weighted by molar-refractivity contribution is 0.481. The number of nitrogens with two attached hydrogens (primary N) is 1. The van der Waals surface area contributed by atoms with Crippen LogP contribution in [-0.4, -0.2) is 0 Å². The summed E-state index contributed by atoms with van der Waals surface area (Å²) in [6, 6.07) is 4.56. The first-order valence-electron chi connectivity index (χ1n) is 6.99. The van der Waals surface area contributed by atoms with Gasteiger partial charge in [-0.15, -0.1) is 11.3 Å². The maximum atomic E-state index is 5.64. The Labute approximate surface area is 123 Å². The van der Waals surface area contributed by atoms with E-state index >= 15 is 0 Å². The predicted molar refractivity (Wildman–Crippen MR) is 84.7 cm³/mol. The van der Waals surface area contributed by atoms with Gasteiger partial charge in [0.05, 0.1) is 9.83 Å². The highest BCUT2D eigenvalue weighted by atomic mass is 79.9. The van der Waals surface area contributed by atoms with Crippen LogP contribution in [0.1, 0.15) is 69.2 Å². The van der Waals surface area contributed by atoms with E-state index in [9.17, 15) is 0 Å². The number of nitrogens with one attached hydrogen (secondary N) is 1. The lowest BCUT2D eigenvalue weighted by Crippen LogP contribution is -2.27. The van der Waals surface area contributed by atoms with Crippen LogP contribution in [0.2, 0.25) is 0 Å². The number of rotatable bonds is 10. The second-order valence-electron chi connectivity index (χ2n) is 4.77. The van der Waals surface area contributed by atoms with E-state index in [2.05, 4.69) is 40.4 Å². The molecule has 0 aromatic carbocycles. The van der Waals surface area contributed by atoms with Crippen molar-refractivity contribution < 1.29 is 0 Å². The summed E-state index contributed by atoms with van der Waals surface area (Å²) >= 11 is 5.27. The number of unbranched alkanes of at least 4 members (excludes halogenated alkanes) is 6. The molecule has 2 nitrogen and oxygen atoms in total. The van der Waals surface area contributed by atoms with Gasteiger partial charge in [0.15, 0.2) is 0 Å². The van der Waals surface area contributed by atoms with E-state index in [0.29, 0.717) is 6.04 Å². The summed E-state index contributed by atoms with van der Waals surface area (Å²) in [6.45, 7) is 2.26. The Bertz CT molecular complexity index is 314. The van der Waals surface area contributed by atoms with Gasteiger partial charge in [-0.2, -0.15) is 0 Å². The van der Waals surface area contributed by atoms with Crippen LogP contribution in [-0.2, 0) is 0 Å². The summed E-state index contributed by atoms with van der Waals surface area (Å²) in [4.78, 5) is 1.33. The molecule has 104 valence electrons. The van der Waals surface area contributed by atoms with E-state index < -0.39 is 0 Å². The summed E-state index contributed by atoms with van der Waals surface area (Å²) < 4.78 is 1.18. The maximum Gasteiger partial charge on any atom is 0.0702 e. The van der Waals surface area contributed by atoms with Crippen LogP contribution < -0.4 is 11.3 Å². The van der Waals surface area contributed by atoms with Gasteiger partial charge in [-0.05, 0) is 34.5 Å². The van der Waals surface area contributed by atoms with Gasteiger partial charge in [-0.25, -0.2) is 0 Å². The quantitative estimate of drug-likeness (QED) is 0.353. The Kier molecular flexibility index (Phi) is 8.94. The molecule has 0 bridgehead atoms. The van der Waals surface area contributed by atoms with E-state index in [4.69, 9.17) is 5.84 Å². The van der Waals surface area contributed by atoms with Crippen LogP contribution in [0.25, 0.3) is 0 Å². The van der Waals surface area contributed by atoms with E-state index in [1.54, 1.807) is 11.3 Å². The molecule has 1 rings (SSSR count). The zero-order valence-electron chi connectivity index (χ0n) is 11.3. The van der Waals surface area contributed by atoms with Gasteiger partial charge in [0.25, 0.3) is 0 Å². The fourth-order valence-electron chi connectivity index (χ4n) is 2.13. The molecule has 0 radical (unpaired) electrons. The molecule has 0 aliphatic heterocycles. The zero-order valence-corrected chi connectivity index (χ0v) is 13.7. The number of hydrazine groups is 1. The van der Waals surface area contributed by atoms with Crippen molar-refractivity contribution in [3.05, 3.63) is 20.8 Å². The first kappa shape index (κ1) is 16.2. The van der Waals surface area contributed by atoms with Crippen LogP contribution in [0.3, 0.4) is 0 Å². The monoisotopic (exact) mass is 332 g/mol. The summed E-state index contributed by atoms with van der Waals surface area (Å²) in [5, 5.41) is 0. The number of hydrogen-bond donors (Lipinski definition) is 2. The Morgan fingerprint density at radius 1 is 1.17 bits per heavy atom. The highest BCUT2D eigenvalue weighted by molar-refractivity contribution is 9.11. The molecule has 3 N–H and O–H groups in total. The first-order valence-corrected chi connectivity index (χ1v) is 8.60. The number of thiophene rings is 1. The third-order valence-electron chi connectivity index (χ3n) is 3.23. The van der Waals surface area contributed by atoms with Crippen molar-refractivity contribution in [3.8, 4) is 0 Å². The van der Waals surface area contributed by atoms with E-state index in [1.807, 2.05) is 0 Å². The Hall–Kier alpha value is 0.1000. The summed E-state index contributed by atoms with van der Waals surface area (Å²) in [6.07, 6.45) is 10.6. The van der Waals surface area contributed by atoms with Crippen molar-refractivity contribution in [2.45, 2.75) is 64.3 Å². The van der Waals surface area contributed by atoms with E-state index in [1.165, 1.54) is 53.6 Å². The van der Waals surface area contributed by atoms with Crippen LogP contribution in [0.15, 0.2) is 15.9 Å². The molecule has 1 aromatic rings. The molecule has 0 aliphatic rings. The van der Waals surface area contributed by atoms with Gasteiger partial charge in [-0.1, -0.05) is 51.9 Å². The molecule has 1 atom stereocenters. The lowest BCUT2D eigenvalue weighted by Gasteiger charge is -2.13. The summed E-state index contributed by atoms with van der Waals surface area (Å²) in [7, 11) is 0. The summed E-state index contributed by atoms with van der Waals surface area (Å²) in [5.41, 5.74) is 2.93. The molecule has 18 heavy (non-hydrogen) atoms. The highest BCUT2D eigenvalue weighted by Gasteiger charge is 2.11. The Morgan fingerprint density at radius 3 is 2.39 bits per heavy atom. The molecule has 0 aliphatic carbocycles. The third kappa shape index (κ3) is 6.32.